The van der Waals surface area contributed by atoms with Gasteiger partial charge < -0.3 is 4.90 Å². The largest absolute Gasteiger partial charge is 0.309 e. The van der Waals surface area contributed by atoms with Crippen LogP contribution in [0.1, 0.15) is 16.8 Å². The van der Waals surface area contributed by atoms with Crippen molar-refractivity contribution < 1.29 is 4.79 Å². The highest BCUT2D eigenvalue weighted by Crippen LogP contribution is 2.32. The van der Waals surface area contributed by atoms with Crippen LogP contribution >= 0.6 is 34.7 Å². The molecular formula is C20H22ClN3OS2. The van der Waals surface area contributed by atoms with E-state index < -0.39 is 0 Å². The van der Waals surface area contributed by atoms with Gasteiger partial charge in [-0.2, -0.15) is 0 Å². The minimum absolute atomic E-state index is 0.0187. The van der Waals surface area contributed by atoms with Crippen molar-refractivity contribution >= 4 is 56.0 Å². The highest BCUT2D eigenvalue weighted by molar-refractivity contribution is 7.98. The van der Waals surface area contributed by atoms with Gasteiger partial charge in [-0.25, -0.2) is 4.98 Å². The van der Waals surface area contributed by atoms with Crippen molar-refractivity contribution in [2.75, 3.05) is 38.3 Å². The van der Waals surface area contributed by atoms with Gasteiger partial charge in [-0.15, -0.1) is 11.8 Å². The fourth-order valence-electron chi connectivity index (χ4n) is 2.74. The second-order valence-corrected chi connectivity index (χ2v) is 8.78. The number of hydrogen-bond donors (Lipinski definition) is 0. The van der Waals surface area contributed by atoms with E-state index in [0.717, 1.165) is 28.1 Å². The Kier molecular flexibility index (Phi) is 6.76. The number of hydrogen-bond acceptors (Lipinski definition) is 5. The first-order valence-corrected chi connectivity index (χ1v) is 11.1. The summed E-state index contributed by atoms with van der Waals surface area (Å²) in [6.07, 6.45) is 2.88. The van der Waals surface area contributed by atoms with E-state index in [2.05, 4.69) is 9.88 Å². The van der Waals surface area contributed by atoms with Crippen molar-refractivity contribution in [3.63, 3.8) is 0 Å². The average Bonchev–Trinajstić information content (AvgIpc) is 3.07. The van der Waals surface area contributed by atoms with Gasteiger partial charge in [-0.1, -0.05) is 29.0 Å². The number of halogens is 1. The van der Waals surface area contributed by atoms with Gasteiger partial charge in [0.05, 0.1) is 10.2 Å². The number of aromatic nitrogens is 1. The lowest BCUT2D eigenvalue weighted by Gasteiger charge is -2.21. The van der Waals surface area contributed by atoms with Crippen LogP contribution in [0, 0.1) is 0 Å². The summed E-state index contributed by atoms with van der Waals surface area (Å²) in [6, 6.07) is 13.4. The van der Waals surface area contributed by atoms with Crippen molar-refractivity contribution in [2.24, 2.45) is 0 Å². The predicted octanol–water partition coefficient (Wildman–Crippen LogP) is 5.27. The molecule has 0 radical (unpaired) electrons. The monoisotopic (exact) mass is 419 g/mol. The van der Waals surface area contributed by atoms with Crippen molar-refractivity contribution in [3.8, 4) is 0 Å². The van der Waals surface area contributed by atoms with Crippen molar-refractivity contribution in [3.05, 3.63) is 53.1 Å². The van der Waals surface area contributed by atoms with Crippen LogP contribution in [0.25, 0.3) is 10.2 Å². The molecule has 0 fully saturated rings. The van der Waals surface area contributed by atoms with E-state index in [0.29, 0.717) is 22.3 Å². The van der Waals surface area contributed by atoms with Gasteiger partial charge in [0.2, 0.25) is 0 Å². The first-order chi connectivity index (χ1) is 13.0. The third kappa shape index (κ3) is 5.02. The number of anilines is 1. The lowest BCUT2D eigenvalue weighted by atomic mass is 10.2. The second-order valence-electron chi connectivity index (χ2n) is 6.45. The number of fused-ring (bicyclic) bond motifs is 1. The Bertz CT molecular complexity index is 942. The number of rotatable bonds is 7. The van der Waals surface area contributed by atoms with Crippen LogP contribution < -0.4 is 4.90 Å². The fourth-order valence-corrected chi connectivity index (χ4v) is 4.47. The molecule has 1 heterocycles. The van der Waals surface area contributed by atoms with E-state index in [1.165, 1.54) is 11.3 Å². The second kappa shape index (κ2) is 9.06. The van der Waals surface area contributed by atoms with Crippen LogP contribution in [-0.2, 0) is 0 Å². The van der Waals surface area contributed by atoms with Gasteiger partial charge in [0.15, 0.2) is 5.13 Å². The molecule has 2 aromatic carbocycles. The van der Waals surface area contributed by atoms with E-state index in [1.54, 1.807) is 16.7 Å². The summed E-state index contributed by atoms with van der Waals surface area (Å²) in [5.74, 6) is -0.0187. The van der Waals surface area contributed by atoms with Crippen LogP contribution in [-0.4, -0.2) is 49.2 Å². The number of thioether (sulfide) groups is 1. The van der Waals surface area contributed by atoms with Gasteiger partial charge in [-0.05, 0) is 69.7 Å². The first-order valence-electron chi connectivity index (χ1n) is 8.64. The zero-order chi connectivity index (χ0) is 19.4. The van der Waals surface area contributed by atoms with E-state index in [4.69, 9.17) is 11.6 Å². The molecule has 0 aliphatic heterocycles. The molecule has 0 saturated heterocycles. The molecule has 3 rings (SSSR count). The number of thiazole rings is 1. The molecular weight excluding hydrogens is 398 g/mol. The molecule has 0 bridgehead atoms. The lowest BCUT2D eigenvalue weighted by molar-refractivity contribution is 0.0986. The fraction of sp³-hybridized carbons (Fsp3) is 0.300. The highest BCUT2D eigenvalue weighted by Gasteiger charge is 2.21. The topological polar surface area (TPSA) is 36.4 Å². The minimum atomic E-state index is -0.0187. The standard InChI is InChI=1S/C20H22ClN3OS2/c1-23(2)10-5-11-24(19(25)14-6-4-7-16(12-14)26-3)20-22-17-9-8-15(21)13-18(17)27-20/h4,6-9,12-13H,5,10-11H2,1-3H3. The lowest BCUT2D eigenvalue weighted by Crippen LogP contribution is -2.33. The Morgan fingerprint density at radius 3 is 2.74 bits per heavy atom. The minimum Gasteiger partial charge on any atom is -0.309 e. The van der Waals surface area contributed by atoms with Crippen LogP contribution in [0.4, 0.5) is 5.13 Å². The maximum atomic E-state index is 13.3. The Morgan fingerprint density at radius 2 is 2.00 bits per heavy atom. The van der Waals surface area contributed by atoms with Crippen LogP contribution in [0.2, 0.25) is 5.02 Å². The van der Waals surface area contributed by atoms with E-state index in [1.807, 2.05) is 62.8 Å². The molecule has 0 saturated carbocycles. The third-order valence-corrected chi connectivity index (χ3v) is 6.12. The van der Waals surface area contributed by atoms with Gasteiger partial charge in [0, 0.05) is 22.0 Å². The Hall–Kier alpha value is -1.60. The van der Waals surface area contributed by atoms with Gasteiger partial charge in [0.25, 0.3) is 5.91 Å². The normalized spacial score (nSPS) is 11.3. The number of amides is 1. The van der Waals surface area contributed by atoms with Gasteiger partial charge in [0.1, 0.15) is 0 Å². The number of nitrogens with zero attached hydrogens (tertiary/aromatic N) is 3. The van der Waals surface area contributed by atoms with E-state index >= 15 is 0 Å². The average molecular weight is 420 g/mol. The highest BCUT2D eigenvalue weighted by atomic mass is 35.5. The molecule has 1 amide bonds. The third-order valence-electron chi connectivity index (χ3n) is 4.12. The summed E-state index contributed by atoms with van der Waals surface area (Å²) < 4.78 is 0.987. The molecule has 0 unspecified atom stereocenters. The Labute approximate surface area is 173 Å². The van der Waals surface area contributed by atoms with Gasteiger partial charge >= 0.3 is 0 Å². The van der Waals surface area contributed by atoms with Crippen LogP contribution in [0.3, 0.4) is 0 Å². The Morgan fingerprint density at radius 1 is 1.19 bits per heavy atom. The summed E-state index contributed by atoms with van der Waals surface area (Å²) in [5.41, 5.74) is 1.55. The summed E-state index contributed by atoms with van der Waals surface area (Å²) in [4.78, 5) is 23.0. The zero-order valence-corrected chi connectivity index (χ0v) is 18.0. The van der Waals surface area contributed by atoms with E-state index in [-0.39, 0.29) is 5.91 Å². The van der Waals surface area contributed by atoms with Crippen molar-refractivity contribution in [1.29, 1.82) is 0 Å². The number of carbonyl (C=O) groups excluding carboxylic acids is 1. The van der Waals surface area contributed by atoms with Crippen LogP contribution in [0.5, 0.6) is 0 Å². The molecule has 27 heavy (non-hydrogen) atoms. The summed E-state index contributed by atoms with van der Waals surface area (Å²) >= 11 is 9.24. The molecule has 0 spiro atoms. The molecule has 0 N–H and O–H groups in total. The summed E-state index contributed by atoms with van der Waals surface area (Å²) in [6.45, 7) is 1.53. The van der Waals surface area contributed by atoms with Crippen LogP contribution in [0.15, 0.2) is 47.4 Å². The molecule has 7 heteroatoms. The maximum absolute atomic E-state index is 13.3. The quantitative estimate of drug-likeness (QED) is 0.489. The number of carbonyl (C=O) groups is 1. The SMILES string of the molecule is CSc1cccc(C(=O)N(CCCN(C)C)c2nc3ccc(Cl)cc3s2)c1. The molecule has 142 valence electrons. The molecule has 4 nitrogen and oxygen atoms in total. The molecule has 0 atom stereocenters. The summed E-state index contributed by atoms with van der Waals surface area (Å²) in [7, 11) is 4.07. The number of benzene rings is 2. The van der Waals surface area contributed by atoms with E-state index in [9.17, 15) is 4.79 Å². The molecule has 0 aliphatic rings. The zero-order valence-electron chi connectivity index (χ0n) is 15.6. The first kappa shape index (κ1) is 20.1. The van der Waals surface area contributed by atoms with Gasteiger partial charge in [-0.3, -0.25) is 9.69 Å². The molecule has 1 aromatic heterocycles. The Balaban J connectivity index is 1.94. The maximum Gasteiger partial charge on any atom is 0.260 e. The smallest absolute Gasteiger partial charge is 0.260 e. The summed E-state index contributed by atoms with van der Waals surface area (Å²) in [5, 5.41) is 1.39. The molecule has 0 aliphatic carbocycles. The predicted molar refractivity (Wildman–Crippen MR) is 118 cm³/mol. The van der Waals surface area contributed by atoms with Crippen molar-refractivity contribution in [1.82, 2.24) is 9.88 Å². The van der Waals surface area contributed by atoms with Crippen molar-refractivity contribution in [2.45, 2.75) is 11.3 Å². The molecule has 3 aromatic rings.